The number of methoxy groups -OCH3 is 1. The van der Waals surface area contributed by atoms with E-state index in [0.717, 1.165) is 17.1 Å². The molecule has 0 amide bonds. The summed E-state index contributed by atoms with van der Waals surface area (Å²) in [5, 5.41) is 7.18. The van der Waals surface area contributed by atoms with Crippen LogP contribution in [0.4, 0.5) is 0 Å². The Balaban J connectivity index is 1.80. The molecular formula is C13H16N4O. The van der Waals surface area contributed by atoms with E-state index in [1.54, 1.807) is 7.11 Å². The van der Waals surface area contributed by atoms with Crippen LogP contribution >= 0.6 is 0 Å². The summed E-state index contributed by atoms with van der Waals surface area (Å²) >= 11 is 0. The Kier molecular flexibility index (Phi) is 2.76. The van der Waals surface area contributed by atoms with Gasteiger partial charge < -0.3 is 10.5 Å². The number of hydrogen-bond acceptors (Lipinski definition) is 4. The molecule has 1 heterocycles. The lowest BCUT2D eigenvalue weighted by Gasteiger charge is -2.08. The van der Waals surface area contributed by atoms with E-state index < -0.39 is 0 Å². The highest BCUT2D eigenvalue weighted by Crippen LogP contribution is 2.38. The van der Waals surface area contributed by atoms with Crippen molar-refractivity contribution in [2.24, 2.45) is 5.73 Å². The van der Waals surface area contributed by atoms with E-state index in [0.29, 0.717) is 11.7 Å². The average molecular weight is 244 g/mol. The molecule has 1 aromatic carbocycles. The van der Waals surface area contributed by atoms with Gasteiger partial charge in [0.1, 0.15) is 11.6 Å². The summed E-state index contributed by atoms with van der Waals surface area (Å²) < 4.78 is 5.12. The number of benzene rings is 1. The lowest BCUT2D eigenvalue weighted by Crippen LogP contribution is -2.13. The van der Waals surface area contributed by atoms with Crippen LogP contribution in [0.15, 0.2) is 24.3 Å². The first-order valence-electron chi connectivity index (χ1n) is 6.09. The normalized spacial score (nSPS) is 16.6. The number of aromatic nitrogens is 3. The molecule has 1 atom stereocenters. The standard InChI is InChI=1S/C13H16N4O/c1-18-10-6-4-8(5-7-10)11(14)13-15-12(16-17-13)9-2-3-9/h4-7,9,11H,2-3,14H2,1H3,(H,15,16,17)/t11-/m0/s1. The van der Waals surface area contributed by atoms with E-state index in [1.807, 2.05) is 24.3 Å². The van der Waals surface area contributed by atoms with Crippen LogP contribution in [0.2, 0.25) is 0 Å². The Morgan fingerprint density at radius 1 is 1.33 bits per heavy atom. The fourth-order valence-corrected chi connectivity index (χ4v) is 1.93. The third kappa shape index (κ3) is 2.09. The number of nitrogens with zero attached hydrogens (tertiary/aromatic N) is 2. The van der Waals surface area contributed by atoms with E-state index in [9.17, 15) is 0 Å². The molecule has 3 N–H and O–H groups in total. The highest BCUT2D eigenvalue weighted by molar-refractivity contribution is 5.31. The Bertz CT molecular complexity index is 530. The summed E-state index contributed by atoms with van der Waals surface area (Å²) in [5.74, 6) is 3.00. The quantitative estimate of drug-likeness (QED) is 0.858. The lowest BCUT2D eigenvalue weighted by molar-refractivity contribution is 0.414. The van der Waals surface area contributed by atoms with Gasteiger partial charge in [0.25, 0.3) is 0 Å². The highest BCUT2D eigenvalue weighted by Gasteiger charge is 2.28. The van der Waals surface area contributed by atoms with Gasteiger partial charge in [-0.1, -0.05) is 12.1 Å². The first-order chi connectivity index (χ1) is 8.78. The Hall–Kier alpha value is -1.88. The van der Waals surface area contributed by atoms with Crippen molar-refractivity contribution >= 4 is 0 Å². The van der Waals surface area contributed by atoms with Crippen LogP contribution < -0.4 is 10.5 Å². The molecule has 0 radical (unpaired) electrons. The summed E-state index contributed by atoms with van der Waals surface area (Å²) in [6.45, 7) is 0. The first kappa shape index (κ1) is 11.2. The van der Waals surface area contributed by atoms with Crippen molar-refractivity contribution in [3.05, 3.63) is 41.5 Å². The fourth-order valence-electron chi connectivity index (χ4n) is 1.93. The number of hydrogen-bond donors (Lipinski definition) is 2. The number of nitrogens with one attached hydrogen (secondary N) is 1. The zero-order valence-corrected chi connectivity index (χ0v) is 10.3. The molecule has 0 spiro atoms. The highest BCUT2D eigenvalue weighted by atomic mass is 16.5. The van der Waals surface area contributed by atoms with Gasteiger partial charge >= 0.3 is 0 Å². The third-order valence-corrected chi connectivity index (χ3v) is 3.24. The lowest BCUT2D eigenvalue weighted by atomic mass is 10.1. The van der Waals surface area contributed by atoms with Crippen molar-refractivity contribution in [1.29, 1.82) is 0 Å². The van der Waals surface area contributed by atoms with Crippen LogP contribution in [0.25, 0.3) is 0 Å². The van der Waals surface area contributed by atoms with Gasteiger partial charge in [-0.05, 0) is 30.5 Å². The summed E-state index contributed by atoms with van der Waals surface area (Å²) in [6, 6.07) is 7.38. The number of ether oxygens (including phenoxy) is 1. The minimum Gasteiger partial charge on any atom is -0.497 e. The van der Waals surface area contributed by atoms with Gasteiger partial charge in [-0.15, -0.1) is 0 Å². The second-order valence-electron chi connectivity index (χ2n) is 4.60. The third-order valence-electron chi connectivity index (χ3n) is 3.24. The van der Waals surface area contributed by atoms with Crippen LogP contribution in [0.5, 0.6) is 5.75 Å². The van der Waals surface area contributed by atoms with Crippen molar-refractivity contribution < 1.29 is 4.74 Å². The maximum absolute atomic E-state index is 6.16. The second kappa shape index (κ2) is 4.42. The number of aromatic amines is 1. The SMILES string of the molecule is COc1ccc([C@H](N)c2n[nH]c(C3CC3)n2)cc1. The maximum Gasteiger partial charge on any atom is 0.171 e. The monoisotopic (exact) mass is 244 g/mol. The second-order valence-corrected chi connectivity index (χ2v) is 4.60. The van der Waals surface area contributed by atoms with Crippen LogP contribution in [0.1, 0.15) is 42.0 Å². The van der Waals surface area contributed by atoms with Gasteiger partial charge in [-0.3, -0.25) is 5.10 Å². The van der Waals surface area contributed by atoms with E-state index >= 15 is 0 Å². The molecule has 0 unspecified atom stereocenters. The molecule has 3 rings (SSSR count). The van der Waals surface area contributed by atoms with Crippen LogP contribution in [-0.2, 0) is 0 Å². The molecule has 2 aromatic rings. The number of H-pyrrole nitrogens is 1. The zero-order valence-electron chi connectivity index (χ0n) is 10.3. The number of nitrogens with two attached hydrogens (primary N) is 1. The zero-order chi connectivity index (χ0) is 12.5. The Labute approximate surface area is 105 Å². The molecule has 94 valence electrons. The molecule has 1 saturated carbocycles. The van der Waals surface area contributed by atoms with Gasteiger partial charge in [-0.2, -0.15) is 5.10 Å². The van der Waals surface area contributed by atoms with Gasteiger partial charge in [0.15, 0.2) is 5.82 Å². The largest absolute Gasteiger partial charge is 0.497 e. The molecule has 0 aliphatic heterocycles. The summed E-state index contributed by atoms with van der Waals surface area (Å²) in [6.07, 6.45) is 2.40. The number of rotatable bonds is 4. The summed E-state index contributed by atoms with van der Waals surface area (Å²) in [7, 11) is 1.64. The van der Waals surface area contributed by atoms with Crippen molar-refractivity contribution in [1.82, 2.24) is 15.2 Å². The Morgan fingerprint density at radius 3 is 2.67 bits per heavy atom. The molecule has 5 nitrogen and oxygen atoms in total. The molecule has 18 heavy (non-hydrogen) atoms. The molecule has 0 bridgehead atoms. The predicted octanol–water partition coefficient (Wildman–Crippen LogP) is 1.74. The van der Waals surface area contributed by atoms with Crippen LogP contribution in [-0.4, -0.2) is 22.3 Å². The smallest absolute Gasteiger partial charge is 0.171 e. The molecule has 1 aromatic heterocycles. The van der Waals surface area contributed by atoms with E-state index in [-0.39, 0.29) is 6.04 Å². The summed E-state index contributed by atoms with van der Waals surface area (Å²) in [5.41, 5.74) is 7.14. The van der Waals surface area contributed by atoms with Crippen LogP contribution in [0, 0.1) is 0 Å². The first-order valence-corrected chi connectivity index (χ1v) is 6.09. The van der Waals surface area contributed by atoms with Gasteiger partial charge in [0, 0.05) is 5.92 Å². The van der Waals surface area contributed by atoms with Crippen molar-refractivity contribution in [3.8, 4) is 5.75 Å². The predicted molar refractivity (Wildman–Crippen MR) is 67.4 cm³/mol. The summed E-state index contributed by atoms with van der Waals surface area (Å²) in [4.78, 5) is 4.47. The minimum absolute atomic E-state index is 0.292. The van der Waals surface area contributed by atoms with E-state index in [1.165, 1.54) is 12.8 Å². The average Bonchev–Trinajstić information content (AvgIpc) is 3.16. The topological polar surface area (TPSA) is 76.8 Å². The fraction of sp³-hybridized carbons (Fsp3) is 0.385. The van der Waals surface area contributed by atoms with Crippen molar-refractivity contribution in [2.45, 2.75) is 24.8 Å². The molecular weight excluding hydrogens is 228 g/mol. The van der Waals surface area contributed by atoms with Crippen LogP contribution in [0.3, 0.4) is 0 Å². The molecule has 5 heteroatoms. The van der Waals surface area contributed by atoms with Crippen molar-refractivity contribution in [3.63, 3.8) is 0 Å². The van der Waals surface area contributed by atoms with Gasteiger partial charge in [-0.25, -0.2) is 4.98 Å². The van der Waals surface area contributed by atoms with Gasteiger partial charge in [0.05, 0.1) is 13.2 Å². The molecule has 1 aliphatic rings. The van der Waals surface area contributed by atoms with Gasteiger partial charge in [0.2, 0.25) is 0 Å². The van der Waals surface area contributed by atoms with E-state index in [2.05, 4.69) is 15.2 Å². The molecule has 0 saturated heterocycles. The van der Waals surface area contributed by atoms with E-state index in [4.69, 9.17) is 10.5 Å². The molecule has 1 fully saturated rings. The maximum atomic E-state index is 6.16. The van der Waals surface area contributed by atoms with Crippen molar-refractivity contribution in [2.75, 3.05) is 7.11 Å². The molecule has 1 aliphatic carbocycles. The Morgan fingerprint density at radius 2 is 2.06 bits per heavy atom. The minimum atomic E-state index is -0.292.